The molecule has 3 aromatic rings. The number of nitrogens with two attached hydrogens (primary N) is 1. The van der Waals surface area contributed by atoms with Crippen molar-refractivity contribution in [1.82, 2.24) is 4.98 Å². The standard InChI is InChI=1S/C19H15ClF2N2O/c20-13-8-14(23)10-15(9-13)25-17-11-18(21)24-16(19(17)22)7-6-12-4-2-1-3-5-12/h1-5,8-11H,6-7,23H2. The van der Waals surface area contributed by atoms with E-state index in [2.05, 4.69) is 4.98 Å². The quantitative estimate of drug-likeness (QED) is 0.504. The summed E-state index contributed by atoms with van der Waals surface area (Å²) in [4.78, 5) is 3.65. The first-order chi connectivity index (χ1) is 12.0. The molecule has 2 aromatic carbocycles. The third-order valence-electron chi connectivity index (χ3n) is 3.58. The molecule has 0 saturated carbocycles. The number of hydrogen-bond donors (Lipinski definition) is 1. The normalized spacial score (nSPS) is 10.7. The molecule has 128 valence electrons. The number of halogens is 3. The first-order valence-corrected chi connectivity index (χ1v) is 8.02. The largest absolute Gasteiger partial charge is 0.454 e. The Hall–Kier alpha value is -2.66. The number of aromatic nitrogens is 1. The lowest BCUT2D eigenvalue weighted by atomic mass is 10.1. The van der Waals surface area contributed by atoms with Gasteiger partial charge in [0.1, 0.15) is 5.75 Å². The van der Waals surface area contributed by atoms with Crippen LogP contribution in [-0.2, 0) is 12.8 Å². The molecule has 0 aliphatic rings. The van der Waals surface area contributed by atoms with Crippen molar-refractivity contribution in [3.8, 4) is 11.5 Å². The molecule has 3 rings (SSSR count). The van der Waals surface area contributed by atoms with Crippen molar-refractivity contribution in [2.24, 2.45) is 0 Å². The molecule has 0 atom stereocenters. The second-order valence-corrected chi connectivity index (χ2v) is 5.95. The minimum absolute atomic E-state index is 0.00820. The van der Waals surface area contributed by atoms with E-state index in [0.29, 0.717) is 17.1 Å². The van der Waals surface area contributed by atoms with Crippen molar-refractivity contribution in [2.75, 3.05) is 5.73 Å². The molecular weight excluding hydrogens is 346 g/mol. The molecule has 0 radical (unpaired) electrons. The maximum absolute atomic E-state index is 14.6. The maximum Gasteiger partial charge on any atom is 0.217 e. The van der Waals surface area contributed by atoms with Crippen LogP contribution < -0.4 is 10.5 Å². The second-order valence-electron chi connectivity index (χ2n) is 5.51. The highest BCUT2D eigenvalue weighted by molar-refractivity contribution is 6.31. The summed E-state index contributed by atoms with van der Waals surface area (Å²) < 4.78 is 33.8. The van der Waals surface area contributed by atoms with Gasteiger partial charge < -0.3 is 10.5 Å². The molecule has 0 spiro atoms. The van der Waals surface area contributed by atoms with E-state index in [9.17, 15) is 8.78 Å². The number of nitrogens with zero attached hydrogens (tertiary/aromatic N) is 1. The van der Waals surface area contributed by atoms with Crippen molar-refractivity contribution < 1.29 is 13.5 Å². The van der Waals surface area contributed by atoms with Crippen LogP contribution >= 0.6 is 11.6 Å². The molecule has 0 fully saturated rings. The number of aryl methyl sites for hydroxylation is 2. The molecule has 0 unspecified atom stereocenters. The van der Waals surface area contributed by atoms with Crippen molar-refractivity contribution in [3.05, 3.63) is 82.6 Å². The van der Waals surface area contributed by atoms with E-state index >= 15 is 0 Å². The Morgan fingerprint density at radius 1 is 1.00 bits per heavy atom. The zero-order valence-corrected chi connectivity index (χ0v) is 13.9. The number of rotatable bonds is 5. The van der Waals surface area contributed by atoms with E-state index in [1.54, 1.807) is 0 Å². The fourth-order valence-corrected chi connectivity index (χ4v) is 2.68. The van der Waals surface area contributed by atoms with Gasteiger partial charge in [-0.05, 0) is 30.5 Å². The van der Waals surface area contributed by atoms with E-state index in [1.807, 2.05) is 30.3 Å². The van der Waals surface area contributed by atoms with E-state index in [-0.39, 0.29) is 23.6 Å². The highest BCUT2D eigenvalue weighted by Crippen LogP contribution is 2.30. The van der Waals surface area contributed by atoms with Crippen LogP contribution in [0.5, 0.6) is 11.5 Å². The molecule has 0 aliphatic heterocycles. The van der Waals surface area contributed by atoms with Crippen LogP contribution in [0.1, 0.15) is 11.3 Å². The second kappa shape index (κ2) is 7.49. The van der Waals surface area contributed by atoms with Gasteiger partial charge in [0.25, 0.3) is 0 Å². The Morgan fingerprint density at radius 2 is 1.76 bits per heavy atom. The SMILES string of the molecule is Nc1cc(Cl)cc(Oc2cc(F)nc(CCc3ccccc3)c2F)c1. The molecule has 1 heterocycles. The number of ether oxygens (including phenoxy) is 1. The van der Waals surface area contributed by atoms with Gasteiger partial charge in [-0.2, -0.15) is 4.39 Å². The Labute approximate surface area is 149 Å². The molecule has 0 amide bonds. The number of anilines is 1. The molecule has 0 bridgehead atoms. The number of nitrogen functional groups attached to an aromatic ring is 1. The van der Waals surface area contributed by atoms with Gasteiger partial charge in [0.15, 0.2) is 11.6 Å². The molecule has 0 aliphatic carbocycles. The minimum atomic E-state index is -0.811. The molecule has 2 N–H and O–H groups in total. The summed E-state index contributed by atoms with van der Waals surface area (Å²) in [5, 5.41) is 0.342. The first kappa shape index (κ1) is 17.2. The lowest BCUT2D eigenvalue weighted by Gasteiger charge is -2.11. The fourth-order valence-electron chi connectivity index (χ4n) is 2.44. The van der Waals surface area contributed by atoms with Crippen LogP contribution in [0.2, 0.25) is 5.02 Å². The van der Waals surface area contributed by atoms with Gasteiger partial charge in [0.05, 0.1) is 5.69 Å². The predicted molar refractivity (Wildman–Crippen MR) is 93.9 cm³/mol. The van der Waals surface area contributed by atoms with Crippen molar-refractivity contribution in [3.63, 3.8) is 0 Å². The van der Waals surface area contributed by atoms with Crippen molar-refractivity contribution in [1.29, 1.82) is 0 Å². The fraction of sp³-hybridized carbons (Fsp3) is 0.105. The summed E-state index contributed by atoms with van der Waals surface area (Å²) in [6, 6.07) is 14.9. The third-order valence-corrected chi connectivity index (χ3v) is 3.79. The van der Waals surface area contributed by atoms with Gasteiger partial charge in [0.2, 0.25) is 5.95 Å². The minimum Gasteiger partial charge on any atom is -0.454 e. The molecule has 1 aromatic heterocycles. The summed E-state index contributed by atoms with van der Waals surface area (Å²) in [5.41, 5.74) is 7.06. The Balaban J connectivity index is 1.84. The summed E-state index contributed by atoms with van der Waals surface area (Å²) in [6.07, 6.45) is 0.791. The average Bonchev–Trinajstić information content (AvgIpc) is 2.56. The van der Waals surface area contributed by atoms with Crippen LogP contribution in [0.25, 0.3) is 0 Å². The van der Waals surface area contributed by atoms with Crippen LogP contribution in [0, 0.1) is 11.8 Å². The third kappa shape index (κ3) is 4.45. The predicted octanol–water partition coefficient (Wildman–Crippen LogP) is 5.17. The van der Waals surface area contributed by atoms with Gasteiger partial charge in [-0.25, -0.2) is 9.37 Å². The Bertz CT molecular complexity index is 868. The lowest BCUT2D eigenvalue weighted by molar-refractivity contribution is 0.423. The molecule has 3 nitrogen and oxygen atoms in total. The Morgan fingerprint density at radius 3 is 2.48 bits per heavy atom. The lowest BCUT2D eigenvalue weighted by Crippen LogP contribution is -2.03. The van der Waals surface area contributed by atoms with Gasteiger partial charge in [-0.1, -0.05) is 41.9 Å². The monoisotopic (exact) mass is 360 g/mol. The van der Waals surface area contributed by atoms with E-state index in [1.165, 1.54) is 18.2 Å². The average molecular weight is 361 g/mol. The highest BCUT2D eigenvalue weighted by Gasteiger charge is 2.15. The molecular formula is C19H15ClF2N2O. The summed E-state index contributed by atoms with van der Waals surface area (Å²) in [7, 11) is 0. The molecule has 0 saturated heterocycles. The number of benzene rings is 2. The summed E-state index contributed by atoms with van der Waals surface area (Å²) in [5.74, 6) is -1.54. The smallest absolute Gasteiger partial charge is 0.217 e. The van der Waals surface area contributed by atoms with E-state index in [0.717, 1.165) is 11.6 Å². The van der Waals surface area contributed by atoms with Crippen LogP contribution in [0.15, 0.2) is 54.6 Å². The first-order valence-electron chi connectivity index (χ1n) is 7.64. The summed E-state index contributed by atoms with van der Waals surface area (Å²) in [6.45, 7) is 0. The zero-order chi connectivity index (χ0) is 17.8. The van der Waals surface area contributed by atoms with E-state index < -0.39 is 11.8 Å². The number of pyridine rings is 1. The van der Waals surface area contributed by atoms with Gasteiger partial charge >= 0.3 is 0 Å². The highest BCUT2D eigenvalue weighted by atomic mass is 35.5. The van der Waals surface area contributed by atoms with Gasteiger partial charge in [0, 0.05) is 22.8 Å². The van der Waals surface area contributed by atoms with Crippen molar-refractivity contribution >= 4 is 17.3 Å². The zero-order valence-electron chi connectivity index (χ0n) is 13.2. The van der Waals surface area contributed by atoms with Crippen LogP contribution in [-0.4, -0.2) is 4.98 Å². The number of hydrogen-bond acceptors (Lipinski definition) is 3. The van der Waals surface area contributed by atoms with Crippen molar-refractivity contribution in [2.45, 2.75) is 12.8 Å². The summed E-state index contributed by atoms with van der Waals surface area (Å²) >= 11 is 5.90. The Kier molecular flexibility index (Phi) is 5.14. The maximum atomic E-state index is 14.6. The van der Waals surface area contributed by atoms with E-state index in [4.69, 9.17) is 22.1 Å². The van der Waals surface area contributed by atoms with Gasteiger partial charge in [-0.3, -0.25) is 0 Å². The molecule has 6 heteroatoms. The topological polar surface area (TPSA) is 48.1 Å². The van der Waals surface area contributed by atoms with Crippen LogP contribution in [0.3, 0.4) is 0 Å². The molecule has 25 heavy (non-hydrogen) atoms. The van der Waals surface area contributed by atoms with Crippen LogP contribution in [0.4, 0.5) is 14.5 Å². The van der Waals surface area contributed by atoms with Gasteiger partial charge in [-0.15, -0.1) is 0 Å².